The van der Waals surface area contributed by atoms with Crippen molar-refractivity contribution in [2.75, 3.05) is 5.32 Å². The Labute approximate surface area is 106 Å². The summed E-state index contributed by atoms with van der Waals surface area (Å²) in [6.07, 6.45) is 0. The Hall–Kier alpha value is -0.870. The van der Waals surface area contributed by atoms with Crippen molar-refractivity contribution < 1.29 is 4.39 Å². The van der Waals surface area contributed by atoms with Crippen LogP contribution in [0.25, 0.3) is 0 Å². The third kappa shape index (κ3) is 2.83. The highest BCUT2D eigenvalue weighted by molar-refractivity contribution is 9.11. The fourth-order valence-corrected chi connectivity index (χ4v) is 2.67. The Morgan fingerprint density at radius 2 is 2.19 bits per heavy atom. The zero-order valence-electron chi connectivity index (χ0n) is 8.76. The minimum absolute atomic E-state index is 0.193. The van der Waals surface area contributed by atoms with Crippen molar-refractivity contribution in [1.29, 1.82) is 0 Å². The monoisotopic (exact) mass is 299 g/mol. The molecule has 0 aliphatic rings. The summed E-state index contributed by atoms with van der Waals surface area (Å²) >= 11 is 5.09. The van der Waals surface area contributed by atoms with Crippen LogP contribution in [0.2, 0.25) is 0 Å². The quantitative estimate of drug-likeness (QED) is 0.875. The van der Waals surface area contributed by atoms with E-state index in [9.17, 15) is 4.39 Å². The van der Waals surface area contributed by atoms with Gasteiger partial charge in [0.05, 0.1) is 3.79 Å². The van der Waals surface area contributed by atoms with E-state index in [1.165, 1.54) is 17.7 Å². The van der Waals surface area contributed by atoms with Crippen molar-refractivity contribution in [3.8, 4) is 0 Å². The maximum Gasteiger partial charge on any atom is 0.123 e. The summed E-state index contributed by atoms with van der Waals surface area (Å²) in [5, 5.41) is 5.38. The summed E-state index contributed by atoms with van der Waals surface area (Å²) in [4.78, 5) is 0. The minimum Gasteiger partial charge on any atom is -0.381 e. The zero-order chi connectivity index (χ0) is 11.5. The third-order valence-corrected chi connectivity index (χ3v) is 3.85. The lowest BCUT2D eigenvalue weighted by Crippen LogP contribution is -2.00. The molecule has 0 bridgehead atoms. The van der Waals surface area contributed by atoms with Gasteiger partial charge in [0.1, 0.15) is 5.82 Å². The molecule has 0 amide bonds. The molecule has 1 aromatic heterocycles. The molecule has 0 atom stereocenters. The molecular weight excluding hydrogens is 289 g/mol. The first-order valence-corrected chi connectivity index (χ1v) is 6.55. The smallest absolute Gasteiger partial charge is 0.123 e. The van der Waals surface area contributed by atoms with Gasteiger partial charge < -0.3 is 5.32 Å². The van der Waals surface area contributed by atoms with Gasteiger partial charge in [-0.25, -0.2) is 4.39 Å². The summed E-state index contributed by atoms with van der Waals surface area (Å²) in [6, 6.07) is 6.85. The molecule has 0 radical (unpaired) electrons. The Morgan fingerprint density at radius 3 is 2.81 bits per heavy atom. The SMILES string of the molecule is Cc1cc(F)ccc1NCc1csc(Br)c1. The molecule has 0 saturated carbocycles. The van der Waals surface area contributed by atoms with Gasteiger partial charge in [0.25, 0.3) is 0 Å². The van der Waals surface area contributed by atoms with Gasteiger partial charge in [-0.3, -0.25) is 0 Å². The van der Waals surface area contributed by atoms with E-state index >= 15 is 0 Å². The summed E-state index contributed by atoms with van der Waals surface area (Å²) < 4.78 is 14.0. The molecule has 1 heterocycles. The van der Waals surface area contributed by atoms with Crippen LogP contribution in [0.4, 0.5) is 10.1 Å². The second-order valence-electron chi connectivity index (χ2n) is 3.57. The average molecular weight is 300 g/mol. The lowest BCUT2D eigenvalue weighted by Gasteiger charge is -2.08. The van der Waals surface area contributed by atoms with Crippen LogP contribution in [0.3, 0.4) is 0 Å². The molecular formula is C12H11BrFNS. The Morgan fingerprint density at radius 1 is 1.38 bits per heavy atom. The molecule has 0 unspecified atom stereocenters. The van der Waals surface area contributed by atoms with Crippen LogP contribution in [0.1, 0.15) is 11.1 Å². The normalized spacial score (nSPS) is 10.4. The molecule has 1 nitrogen and oxygen atoms in total. The van der Waals surface area contributed by atoms with E-state index in [2.05, 4.69) is 32.7 Å². The topological polar surface area (TPSA) is 12.0 Å². The second-order valence-corrected chi connectivity index (χ2v) is 5.86. The summed E-state index contributed by atoms with van der Waals surface area (Å²) in [5.74, 6) is -0.193. The molecule has 0 aliphatic carbocycles. The first-order chi connectivity index (χ1) is 7.65. The van der Waals surface area contributed by atoms with Crippen LogP contribution in [-0.4, -0.2) is 0 Å². The number of hydrogen-bond acceptors (Lipinski definition) is 2. The lowest BCUT2D eigenvalue weighted by atomic mass is 10.2. The number of benzene rings is 1. The molecule has 0 aliphatic heterocycles. The summed E-state index contributed by atoms with van der Waals surface area (Å²) in [6.45, 7) is 2.66. The molecule has 0 fully saturated rings. The Kier molecular flexibility index (Phi) is 3.61. The average Bonchev–Trinajstić information content (AvgIpc) is 2.63. The van der Waals surface area contributed by atoms with Crippen LogP contribution in [-0.2, 0) is 6.54 Å². The molecule has 16 heavy (non-hydrogen) atoms. The summed E-state index contributed by atoms with van der Waals surface area (Å²) in [7, 11) is 0. The van der Waals surface area contributed by atoms with Gasteiger partial charge in [0.2, 0.25) is 0 Å². The molecule has 1 N–H and O–H groups in total. The fraction of sp³-hybridized carbons (Fsp3) is 0.167. The van der Waals surface area contributed by atoms with E-state index in [0.29, 0.717) is 0 Å². The van der Waals surface area contributed by atoms with Crippen molar-refractivity contribution in [3.05, 3.63) is 50.4 Å². The van der Waals surface area contributed by atoms with Crippen LogP contribution in [0.5, 0.6) is 0 Å². The lowest BCUT2D eigenvalue weighted by molar-refractivity contribution is 0.627. The molecule has 2 aromatic rings. The number of thiophene rings is 1. The maximum absolute atomic E-state index is 12.9. The predicted molar refractivity (Wildman–Crippen MR) is 70.5 cm³/mol. The Balaban J connectivity index is 2.04. The van der Waals surface area contributed by atoms with Crippen LogP contribution in [0, 0.1) is 12.7 Å². The first kappa shape index (κ1) is 11.6. The molecule has 84 valence electrons. The van der Waals surface area contributed by atoms with E-state index in [4.69, 9.17) is 0 Å². The second kappa shape index (κ2) is 4.97. The van der Waals surface area contributed by atoms with Gasteiger partial charge in [-0.2, -0.15) is 0 Å². The van der Waals surface area contributed by atoms with Gasteiger partial charge in [0, 0.05) is 12.2 Å². The highest BCUT2D eigenvalue weighted by Crippen LogP contribution is 2.22. The number of nitrogens with one attached hydrogen (secondary N) is 1. The van der Waals surface area contributed by atoms with Crippen molar-refractivity contribution in [3.63, 3.8) is 0 Å². The predicted octanol–water partition coefficient (Wildman–Crippen LogP) is 4.57. The fourth-order valence-electron chi connectivity index (χ4n) is 1.46. The number of hydrogen-bond donors (Lipinski definition) is 1. The van der Waals surface area contributed by atoms with Crippen molar-refractivity contribution >= 4 is 33.0 Å². The van der Waals surface area contributed by atoms with E-state index in [1.807, 2.05) is 6.92 Å². The van der Waals surface area contributed by atoms with Gasteiger partial charge >= 0.3 is 0 Å². The van der Waals surface area contributed by atoms with E-state index in [1.54, 1.807) is 17.4 Å². The van der Waals surface area contributed by atoms with E-state index in [0.717, 1.165) is 21.6 Å². The minimum atomic E-state index is -0.193. The molecule has 0 spiro atoms. The van der Waals surface area contributed by atoms with Crippen molar-refractivity contribution in [2.24, 2.45) is 0 Å². The number of halogens is 2. The molecule has 2 rings (SSSR count). The Bertz CT molecular complexity index is 496. The standard InChI is InChI=1S/C12H11BrFNS/c1-8-4-10(14)2-3-11(8)15-6-9-5-12(13)16-7-9/h2-5,7,15H,6H2,1H3. The van der Waals surface area contributed by atoms with Gasteiger partial charge in [-0.15, -0.1) is 11.3 Å². The van der Waals surface area contributed by atoms with Crippen molar-refractivity contribution in [1.82, 2.24) is 0 Å². The maximum atomic E-state index is 12.9. The largest absolute Gasteiger partial charge is 0.381 e. The molecule has 0 saturated heterocycles. The number of anilines is 1. The summed E-state index contributed by atoms with van der Waals surface area (Å²) in [5.41, 5.74) is 3.12. The van der Waals surface area contributed by atoms with E-state index < -0.39 is 0 Å². The zero-order valence-corrected chi connectivity index (χ0v) is 11.2. The van der Waals surface area contributed by atoms with Crippen molar-refractivity contribution in [2.45, 2.75) is 13.5 Å². The van der Waals surface area contributed by atoms with Crippen LogP contribution in [0.15, 0.2) is 33.4 Å². The number of aryl methyl sites for hydroxylation is 1. The third-order valence-electron chi connectivity index (χ3n) is 2.29. The van der Waals surface area contributed by atoms with Gasteiger partial charge in [-0.05, 0) is 63.6 Å². The number of rotatable bonds is 3. The van der Waals surface area contributed by atoms with Gasteiger partial charge in [0.15, 0.2) is 0 Å². The van der Waals surface area contributed by atoms with Gasteiger partial charge in [-0.1, -0.05) is 0 Å². The first-order valence-electron chi connectivity index (χ1n) is 4.88. The van der Waals surface area contributed by atoms with E-state index in [-0.39, 0.29) is 5.82 Å². The highest BCUT2D eigenvalue weighted by Gasteiger charge is 2.01. The van der Waals surface area contributed by atoms with Crippen LogP contribution >= 0.6 is 27.3 Å². The molecule has 1 aromatic carbocycles. The highest BCUT2D eigenvalue weighted by atomic mass is 79.9. The van der Waals surface area contributed by atoms with Crippen LogP contribution < -0.4 is 5.32 Å². The molecule has 4 heteroatoms.